The summed E-state index contributed by atoms with van der Waals surface area (Å²) in [4.78, 5) is 10.1. The van der Waals surface area contributed by atoms with E-state index in [1.54, 1.807) is 6.07 Å². The minimum Gasteiger partial charge on any atom is -0.358 e. The van der Waals surface area contributed by atoms with Gasteiger partial charge < -0.3 is 14.8 Å². The Morgan fingerprint density at radius 3 is 2.54 bits per heavy atom. The average Bonchev–Trinajstić information content (AvgIpc) is 2.95. The van der Waals surface area contributed by atoms with Crippen LogP contribution in [0, 0.1) is 0 Å². The summed E-state index contributed by atoms with van der Waals surface area (Å²) < 4.78 is 66.8. The molecule has 2 aliphatic rings. The number of H-pyrrole nitrogens is 1. The van der Waals surface area contributed by atoms with Crippen LogP contribution in [0.25, 0.3) is 16.6 Å². The third kappa shape index (κ3) is 2.94. The van der Waals surface area contributed by atoms with Crippen molar-refractivity contribution in [2.75, 3.05) is 38.1 Å². The number of rotatable bonds is 2. The molecule has 0 unspecified atom stereocenters. The number of nitrogens with zero attached hydrogens (tertiary/aromatic N) is 3. The first-order chi connectivity index (χ1) is 12.1. The molecule has 2 aliphatic heterocycles. The molecule has 0 spiro atoms. The average molecular weight is 372 g/mol. The van der Waals surface area contributed by atoms with Gasteiger partial charge in [0.05, 0.1) is 24.3 Å². The van der Waals surface area contributed by atoms with Gasteiger partial charge in [0.1, 0.15) is 5.65 Å². The van der Waals surface area contributed by atoms with Gasteiger partial charge in [-0.15, -0.1) is 0 Å². The molecule has 0 radical (unpaired) electrons. The first kappa shape index (κ1) is 17.3. The van der Waals surface area contributed by atoms with Gasteiger partial charge in [0.15, 0.2) is 0 Å². The molecule has 9 heteroatoms. The van der Waals surface area contributed by atoms with Gasteiger partial charge in [0.25, 0.3) is 5.92 Å². The predicted octanol–water partition coefficient (Wildman–Crippen LogP) is 3.76. The summed E-state index contributed by atoms with van der Waals surface area (Å²) in [6.07, 6.45) is -1.17. The Bertz CT molecular complexity index is 875. The first-order valence-corrected chi connectivity index (χ1v) is 8.24. The summed E-state index contributed by atoms with van der Waals surface area (Å²) in [6.45, 7) is 0.150. The van der Waals surface area contributed by atoms with Crippen molar-refractivity contribution in [1.82, 2.24) is 14.9 Å². The largest absolute Gasteiger partial charge is 0.419 e. The van der Waals surface area contributed by atoms with Crippen molar-refractivity contribution in [3.05, 3.63) is 29.6 Å². The normalized spacial score (nSPS) is 21.0. The van der Waals surface area contributed by atoms with Crippen LogP contribution in [0.3, 0.4) is 0 Å². The van der Waals surface area contributed by atoms with Crippen molar-refractivity contribution in [3.63, 3.8) is 0 Å². The molecule has 1 fully saturated rings. The van der Waals surface area contributed by atoms with Crippen LogP contribution >= 0.6 is 0 Å². The topological polar surface area (TPSA) is 35.2 Å². The van der Waals surface area contributed by atoms with E-state index >= 15 is 0 Å². The van der Waals surface area contributed by atoms with E-state index in [2.05, 4.69) is 14.9 Å². The van der Waals surface area contributed by atoms with Gasteiger partial charge in [-0.1, -0.05) is 6.08 Å². The fourth-order valence-corrected chi connectivity index (χ4v) is 3.47. The molecule has 0 aliphatic carbocycles. The highest BCUT2D eigenvalue weighted by atomic mass is 19.4. The summed E-state index contributed by atoms with van der Waals surface area (Å²) in [5, 5.41) is 0.227. The van der Waals surface area contributed by atoms with Gasteiger partial charge in [-0.05, 0) is 25.1 Å². The van der Waals surface area contributed by atoms with Crippen LogP contribution in [0.15, 0.2) is 18.3 Å². The maximum Gasteiger partial charge on any atom is 0.419 e. The second kappa shape index (κ2) is 5.67. The molecule has 1 saturated heterocycles. The number of aromatic amines is 1. The van der Waals surface area contributed by atoms with Crippen molar-refractivity contribution in [2.24, 2.45) is 0 Å². The quantitative estimate of drug-likeness (QED) is 0.816. The van der Waals surface area contributed by atoms with E-state index in [-0.39, 0.29) is 16.7 Å². The van der Waals surface area contributed by atoms with Crippen molar-refractivity contribution < 1.29 is 22.0 Å². The van der Waals surface area contributed by atoms with E-state index in [0.29, 0.717) is 5.69 Å². The van der Waals surface area contributed by atoms with Crippen LogP contribution in [0.5, 0.6) is 0 Å². The molecule has 0 atom stereocenters. The monoisotopic (exact) mass is 372 g/mol. The number of fused-ring (bicyclic) bond motifs is 1. The summed E-state index contributed by atoms with van der Waals surface area (Å²) in [7, 11) is 1.98. The maximum atomic E-state index is 13.4. The zero-order valence-electron chi connectivity index (χ0n) is 14.0. The Morgan fingerprint density at radius 2 is 1.96 bits per heavy atom. The van der Waals surface area contributed by atoms with Gasteiger partial charge in [0.2, 0.25) is 0 Å². The molecule has 2 aromatic rings. The zero-order chi connectivity index (χ0) is 18.7. The number of likely N-dealkylation sites (N-methyl/N-ethyl adjacent to an activating group) is 1. The molecule has 0 amide bonds. The van der Waals surface area contributed by atoms with E-state index in [4.69, 9.17) is 0 Å². The van der Waals surface area contributed by atoms with E-state index in [1.807, 2.05) is 13.1 Å². The van der Waals surface area contributed by atoms with Crippen LogP contribution in [0.2, 0.25) is 0 Å². The summed E-state index contributed by atoms with van der Waals surface area (Å²) in [5.74, 6) is -2.96. The molecule has 2 aromatic heterocycles. The Labute approximate surface area is 146 Å². The number of hydrogen-bond acceptors (Lipinski definition) is 3. The Hall–Kier alpha value is -2.16. The standard InChI is InChI=1S/C17H17F5N4/c1-25-4-2-10(3-5-25)13-6-11-14(26-8-16(18,19)9-26)12(17(20,21)22)7-23-15(11)24-13/h2,6-7H,3-5,8-9H2,1H3,(H,23,24). The lowest BCUT2D eigenvalue weighted by Crippen LogP contribution is -2.56. The second-order valence-corrected chi connectivity index (χ2v) is 6.92. The molecule has 0 bridgehead atoms. The van der Waals surface area contributed by atoms with Gasteiger partial charge in [-0.2, -0.15) is 13.2 Å². The molecule has 140 valence electrons. The lowest BCUT2D eigenvalue weighted by Gasteiger charge is -2.41. The van der Waals surface area contributed by atoms with Crippen LogP contribution in [-0.2, 0) is 6.18 Å². The van der Waals surface area contributed by atoms with Crippen molar-refractivity contribution in [3.8, 4) is 0 Å². The second-order valence-electron chi connectivity index (χ2n) is 6.92. The summed E-state index contributed by atoms with van der Waals surface area (Å²) >= 11 is 0. The molecular formula is C17H17F5N4. The van der Waals surface area contributed by atoms with Gasteiger partial charge >= 0.3 is 6.18 Å². The molecule has 4 nitrogen and oxygen atoms in total. The first-order valence-electron chi connectivity index (χ1n) is 8.24. The number of nitrogens with one attached hydrogen (secondary N) is 1. The predicted molar refractivity (Wildman–Crippen MR) is 88.3 cm³/mol. The van der Waals surface area contributed by atoms with Crippen molar-refractivity contribution in [1.29, 1.82) is 0 Å². The number of hydrogen-bond donors (Lipinski definition) is 1. The van der Waals surface area contributed by atoms with Crippen LogP contribution in [0.4, 0.5) is 27.6 Å². The van der Waals surface area contributed by atoms with E-state index in [9.17, 15) is 22.0 Å². The smallest absolute Gasteiger partial charge is 0.358 e. The van der Waals surface area contributed by atoms with E-state index < -0.39 is 30.8 Å². The van der Waals surface area contributed by atoms with Gasteiger partial charge in [-0.3, -0.25) is 0 Å². The molecule has 4 rings (SSSR count). The number of halogens is 5. The summed E-state index contributed by atoms with van der Waals surface area (Å²) in [5.41, 5.74) is 0.758. The fourth-order valence-electron chi connectivity index (χ4n) is 3.47. The highest BCUT2D eigenvalue weighted by Gasteiger charge is 2.47. The number of anilines is 1. The van der Waals surface area contributed by atoms with E-state index in [0.717, 1.165) is 36.2 Å². The number of alkyl halides is 5. The Morgan fingerprint density at radius 1 is 1.23 bits per heavy atom. The number of pyridine rings is 1. The molecule has 1 N–H and O–H groups in total. The lowest BCUT2D eigenvalue weighted by molar-refractivity contribution is -0.137. The summed E-state index contributed by atoms with van der Waals surface area (Å²) in [6, 6.07) is 1.60. The molecule has 26 heavy (non-hydrogen) atoms. The minimum atomic E-state index is -4.66. The van der Waals surface area contributed by atoms with Crippen molar-refractivity contribution in [2.45, 2.75) is 18.5 Å². The Kier molecular flexibility index (Phi) is 3.76. The lowest BCUT2D eigenvalue weighted by atomic mass is 10.0. The SMILES string of the molecule is CN1CC=C(c2cc3c(N4CC(F)(F)C4)c(C(F)(F)F)cnc3[nH]2)CC1. The highest BCUT2D eigenvalue weighted by molar-refractivity contribution is 5.95. The van der Waals surface area contributed by atoms with Crippen LogP contribution in [-0.4, -0.2) is 54.0 Å². The van der Waals surface area contributed by atoms with Gasteiger partial charge in [0, 0.05) is 30.4 Å². The fraction of sp³-hybridized carbons (Fsp3) is 0.471. The minimum absolute atomic E-state index is 0.218. The van der Waals surface area contributed by atoms with Crippen molar-refractivity contribution >= 4 is 22.3 Å². The molecule has 4 heterocycles. The third-order valence-corrected chi connectivity index (χ3v) is 4.85. The third-order valence-electron chi connectivity index (χ3n) is 4.85. The molecule has 0 aromatic carbocycles. The number of aromatic nitrogens is 2. The van der Waals surface area contributed by atoms with Crippen LogP contribution < -0.4 is 4.90 Å². The van der Waals surface area contributed by atoms with E-state index in [1.165, 1.54) is 0 Å². The highest BCUT2D eigenvalue weighted by Crippen LogP contribution is 2.44. The zero-order valence-corrected chi connectivity index (χ0v) is 14.0. The maximum absolute atomic E-state index is 13.4. The molecule has 0 saturated carbocycles. The Balaban J connectivity index is 1.82. The van der Waals surface area contributed by atoms with Gasteiger partial charge in [-0.25, -0.2) is 13.8 Å². The molecular weight excluding hydrogens is 355 g/mol. The van der Waals surface area contributed by atoms with Crippen LogP contribution in [0.1, 0.15) is 17.7 Å².